The van der Waals surface area contributed by atoms with Crippen molar-refractivity contribution in [1.29, 1.82) is 0 Å². The highest BCUT2D eigenvalue weighted by atomic mass is 16.7. The van der Waals surface area contributed by atoms with Crippen LogP contribution in [0.2, 0.25) is 0 Å². The molecule has 0 amide bonds. The van der Waals surface area contributed by atoms with Crippen LogP contribution in [-0.4, -0.2) is 94.2 Å². The molecule has 1 spiro atoms. The van der Waals surface area contributed by atoms with Crippen LogP contribution in [0.15, 0.2) is 12.1 Å². The van der Waals surface area contributed by atoms with Crippen LogP contribution in [0.1, 0.15) is 30.4 Å². The zero-order chi connectivity index (χ0) is 22.4. The van der Waals surface area contributed by atoms with E-state index in [1.165, 1.54) is 0 Å². The molecule has 1 aromatic carbocycles. The second kappa shape index (κ2) is 7.12. The first kappa shape index (κ1) is 20.8. The van der Waals surface area contributed by atoms with Crippen LogP contribution in [0.5, 0.6) is 11.5 Å². The van der Waals surface area contributed by atoms with Gasteiger partial charge < -0.3 is 39.5 Å². The van der Waals surface area contributed by atoms with Crippen molar-refractivity contribution in [1.82, 2.24) is 4.90 Å². The highest BCUT2D eigenvalue weighted by molar-refractivity contribution is 5.89. The molecule has 2 bridgehead atoms. The van der Waals surface area contributed by atoms with Crippen molar-refractivity contribution in [2.75, 3.05) is 20.2 Å². The molecule has 3 fully saturated rings. The van der Waals surface area contributed by atoms with Crippen molar-refractivity contribution < 1.29 is 39.4 Å². The zero-order valence-corrected chi connectivity index (χ0v) is 17.9. The topological polar surface area (TPSA) is 129 Å². The number of aliphatic hydroxyl groups is 4. The minimum Gasteiger partial charge on any atom is -0.477 e. The molecule has 3 heterocycles. The fourth-order valence-electron chi connectivity index (χ4n) is 6.89. The first-order chi connectivity index (χ1) is 15.4. The Morgan fingerprint density at radius 1 is 1.22 bits per heavy atom. The number of hydrogen-bond acceptors (Lipinski definition) is 9. The monoisotopic (exact) mass is 447 g/mol. The summed E-state index contributed by atoms with van der Waals surface area (Å²) in [4.78, 5) is 15.4. The van der Waals surface area contributed by atoms with Crippen molar-refractivity contribution >= 4 is 5.78 Å². The summed E-state index contributed by atoms with van der Waals surface area (Å²) in [5.41, 5.74) is 1.85. The van der Waals surface area contributed by atoms with Crippen molar-refractivity contribution in [2.24, 2.45) is 5.92 Å². The highest BCUT2D eigenvalue weighted by Gasteiger charge is 2.65. The van der Waals surface area contributed by atoms with Gasteiger partial charge in [-0.25, -0.2) is 0 Å². The number of hydrogen-bond donors (Lipinski definition) is 4. The number of benzene rings is 1. The molecule has 174 valence electrons. The number of aliphatic hydroxyl groups excluding tert-OH is 4. The summed E-state index contributed by atoms with van der Waals surface area (Å²) in [6.45, 7) is 0.361. The number of carbonyl (C=O) groups is 1. The number of likely N-dealkylation sites (tertiary alicyclic amines) is 1. The summed E-state index contributed by atoms with van der Waals surface area (Å²) in [6.07, 6.45) is -4.32. The lowest BCUT2D eigenvalue weighted by Crippen LogP contribution is -2.65. The lowest BCUT2D eigenvalue weighted by Gasteiger charge is -2.57. The van der Waals surface area contributed by atoms with Gasteiger partial charge in [0.05, 0.1) is 6.61 Å². The van der Waals surface area contributed by atoms with Crippen molar-refractivity contribution in [2.45, 2.75) is 73.9 Å². The first-order valence-corrected chi connectivity index (χ1v) is 11.4. The Labute approximate surface area is 185 Å². The van der Waals surface area contributed by atoms with E-state index >= 15 is 0 Å². The predicted molar refractivity (Wildman–Crippen MR) is 109 cm³/mol. The Morgan fingerprint density at radius 2 is 2.03 bits per heavy atom. The number of Topliss-reactive ketones (excluding diaryl/α,β-unsaturated/α-hetero) is 1. The molecule has 3 aliphatic heterocycles. The predicted octanol–water partition coefficient (Wildman–Crippen LogP) is -0.897. The third-order valence-corrected chi connectivity index (χ3v) is 8.46. The van der Waals surface area contributed by atoms with E-state index in [2.05, 4.69) is 11.9 Å². The fraction of sp³-hybridized carbons (Fsp3) is 0.696. The van der Waals surface area contributed by atoms with Crippen LogP contribution >= 0.6 is 0 Å². The normalized spacial score (nSPS) is 44.7. The first-order valence-electron chi connectivity index (χ1n) is 11.4. The molecular formula is C23H29NO8. The zero-order valence-electron chi connectivity index (χ0n) is 17.9. The van der Waals surface area contributed by atoms with E-state index in [9.17, 15) is 25.2 Å². The van der Waals surface area contributed by atoms with Crippen LogP contribution in [-0.2, 0) is 21.4 Å². The molecule has 2 saturated heterocycles. The van der Waals surface area contributed by atoms with Gasteiger partial charge in [0.1, 0.15) is 24.4 Å². The number of nitrogens with zero attached hydrogens (tertiary/aromatic N) is 1. The van der Waals surface area contributed by atoms with Crippen LogP contribution in [0.4, 0.5) is 0 Å². The number of rotatable bonds is 3. The number of ketones is 1. The van der Waals surface area contributed by atoms with Crippen LogP contribution in [0, 0.1) is 5.92 Å². The van der Waals surface area contributed by atoms with E-state index in [0.29, 0.717) is 29.9 Å². The third-order valence-electron chi connectivity index (χ3n) is 8.46. The highest BCUT2D eigenvalue weighted by Crippen LogP contribution is 2.63. The smallest absolute Gasteiger partial charge is 0.229 e. The summed E-state index contributed by atoms with van der Waals surface area (Å²) in [7, 11) is 2.15. The molecule has 1 aromatic rings. The van der Waals surface area contributed by atoms with Gasteiger partial charge >= 0.3 is 0 Å². The van der Waals surface area contributed by atoms with Crippen LogP contribution in [0.25, 0.3) is 0 Å². The third kappa shape index (κ3) is 2.58. The SMILES string of the molecule is CN1CC[C@]23c4c5ccc(OC6O[C@H](CO)[C@@H](O)[C@H](O)[C@H]6O)c4OC2C(=O)CC[C@H]3[C@H]1C5. The van der Waals surface area contributed by atoms with E-state index in [4.69, 9.17) is 14.2 Å². The fourth-order valence-corrected chi connectivity index (χ4v) is 6.89. The number of carbonyl (C=O) groups excluding carboxylic acids is 1. The van der Waals surface area contributed by atoms with Gasteiger partial charge in [0.2, 0.25) is 6.29 Å². The van der Waals surface area contributed by atoms with Crippen molar-refractivity contribution in [3.8, 4) is 11.5 Å². The Morgan fingerprint density at radius 3 is 2.81 bits per heavy atom. The maximum absolute atomic E-state index is 13.0. The van der Waals surface area contributed by atoms with Gasteiger partial charge in [0, 0.05) is 23.4 Å². The summed E-state index contributed by atoms with van der Waals surface area (Å²) in [5.74, 6) is 1.31. The molecule has 5 aliphatic rings. The average molecular weight is 447 g/mol. The van der Waals surface area contributed by atoms with Crippen LogP contribution < -0.4 is 9.47 Å². The summed E-state index contributed by atoms with van der Waals surface area (Å²) >= 11 is 0. The van der Waals surface area contributed by atoms with Gasteiger partial charge in [-0.2, -0.15) is 0 Å². The Bertz CT molecular complexity index is 952. The van der Waals surface area contributed by atoms with Gasteiger partial charge in [0.25, 0.3) is 0 Å². The van der Waals surface area contributed by atoms with Gasteiger partial charge in [-0.1, -0.05) is 6.07 Å². The number of piperidine rings is 1. The molecule has 0 radical (unpaired) electrons. The molecule has 2 aliphatic carbocycles. The van der Waals surface area contributed by atoms with Crippen molar-refractivity contribution in [3.05, 3.63) is 23.3 Å². The lowest BCUT2D eigenvalue weighted by molar-refractivity contribution is -0.277. The molecular weight excluding hydrogens is 418 g/mol. The summed E-state index contributed by atoms with van der Waals surface area (Å²) < 4.78 is 17.8. The minimum atomic E-state index is -1.53. The molecule has 9 heteroatoms. The maximum Gasteiger partial charge on any atom is 0.229 e. The number of ether oxygens (including phenoxy) is 3. The standard InChI is InChI=1S/C23H29NO8/c1-24-7-6-23-11-3-4-13(26)21(23)32-20-14(5-2-10(16(20)23)8-12(11)24)30-22-19(29)18(28)17(27)15(9-25)31-22/h2,5,11-12,15,17-19,21-22,25,27-29H,3-4,6-9H2,1H3/t11-,12+,15+,17+,18-,19+,21?,22?,23-/m0/s1. The Kier molecular flexibility index (Phi) is 4.64. The number of likely N-dealkylation sites (N-methyl/N-ethyl adjacent to an activating group) is 1. The molecule has 2 unspecified atom stereocenters. The second-order valence-corrected chi connectivity index (χ2v) is 9.89. The van der Waals surface area contributed by atoms with Gasteiger partial charge in [-0.3, -0.25) is 4.79 Å². The quantitative estimate of drug-likeness (QED) is 0.466. The van der Waals surface area contributed by atoms with E-state index in [1.807, 2.05) is 6.07 Å². The maximum atomic E-state index is 13.0. The summed E-state index contributed by atoms with van der Waals surface area (Å²) in [5, 5.41) is 40.0. The van der Waals surface area contributed by atoms with Gasteiger partial charge in [0.15, 0.2) is 23.4 Å². The second-order valence-electron chi connectivity index (χ2n) is 9.89. The molecule has 9 nitrogen and oxygen atoms in total. The molecule has 1 saturated carbocycles. The lowest BCUT2D eigenvalue weighted by atomic mass is 9.52. The van der Waals surface area contributed by atoms with Gasteiger partial charge in [-0.05, 0) is 50.4 Å². The molecule has 32 heavy (non-hydrogen) atoms. The van der Waals surface area contributed by atoms with Crippen LogP contribution in [0.3, 0.4) is 0 Å². The van der Waals surface area contributed by atoms with Crippen molar-refractivity contribution in [3.63, 3.8) is 0 Å². The van der Waals surface area contributed by atoms with E-state index < -0.39 is 43.4 Å². The van der Waals surface area contributed by atoms with E-state index in [0.717, 1.165) is 36.9 Å². The average Bonchev–Trinajstić information content (AvgIpc) is 3.14. The van der Waals surface area contributed by atoms with Gasteiger partial charge in [-0.15, -0.1) is 0 Å². The molecule has 0 aromatic heterocycles. The molecule has 9 atom stereocenters. The Balaban J connectivity index is 1.41. The molecule has 4 N–H and O–H groups in total. The largest absolute Gasteiger partial charge is 0.477 e. The van der Waals surface area contributed by atoms with E-state index in [1.54, 1.807) is 6.07 Å². The Hall–Kier alpha value is -1.75. The molecule has 6 rings (SSSR count). The minimum absolute atomic E-state index is 0.118. The summed E-state index contributed by atoms with van der Waals surface area (Å²) in [6, 6.07) is 4.12. The van der Waals surface area contributed by atoms with E-state index in [-0.39, 0.29) is 11.2 Å².